The van der Waals surface area contributed by atoms with Crippen molar-refractivity contribution in [3.05, 3.63) is 53.6 Å². The van der Waals surface area contributed by atoms with Crippen molar-refractivity contribution in [2.45, 2.75) is 64.6 Å². The molecule has 7 nitrogen and oxygen atoms in total. The second-order valence-electron chi connectivity index (χ2n) is 9.34. The van der Waals surface area contributed by atoms with Gasteiger partial charge in [0.15, 0.2) is 11.5 Å². The first-order valence-corrected chi connectivity index (χ1v) is 12.2. The van der Waals surface area contributed by atoms with Crippen LogP contribution in [-0.2, 0) is 17.8 Å². The van der Waals surface area contributed by atoms with Crippen molar-refractivity contribution >= 4 is 17.6 Å². The van der Waals surface area contributed by atoms with Gasteiger partial charge in [-0.3, -0.25) is 9.69 Å². The first-order chi connectivity index (χ1) is 16.4. The number of hydrogen-bond acceptors (Lipinski definition) is 4. The van der Waals surface area contributed by atoms with Crippen LogP contribution >= 0.6 is 0 Å². The lowest BCUT2D eigenvalue weighted by Gasteiger charge is -2.30. The maximum Gasteiger partial charge on any atom is 0.321 e. The molecule has 0 unspecified atom stereocenters. The number of carbonyl (C=O) groups excluding carboxylic acids is 2. The van der Waals surface area contributed by atoms with Gasteiger partial charge in [-0.1, -0.05) is 31.0 Å². The van der Waals surface area contributed by atoms with E-state index >= 15 is 0 Å². The summed E-state index contributed by atoms with van der Waals surface area (Å²) in [6, 6.07) is 13.9. The van der Waals surface area contributed by atoms with Crippen molar-refractivity contribution in [3.63, 3.8) is 0 Å². The molecule has 0 spiro atoms. The minimum Gasteiger partial charge on any atom is -0.493 e. The number of amides is 3. The Kier molecular flexibility index (Phi) is 7.60. The zero-order chi connectivity index (χ0) is 24.1. The van der Waals surface area contributed by atoms with Crippen molar-refractivity contribution in [3.8, 4) is 11.5 Å². The Labute approximate surface area is 202 Å². The average Bonchev–Trinajstić information content (AvgIpc) is 3.50. The van der Waals surface area contributed by atoms with E-state index < -0.39 is 0 Å². The number of carbonyl (C=O) groups is 2. The van der Waals surface area contributed by atoms with Gasteiger partial charge in [0.25, 0.3) is 0 Å². The van der Waals surface area contributed by atoms with Gasteiger partial charge < -0.3 is 19.7 Å². The van der Waals surface area contributed by atoms with Gasteiger partial charge >= 0.3 is 6.03 Å². The molecule has 2 fully saturated rings. The zero-order valence-electron chi connectivity index (χ0n) is 20.4. The number of ether oxygens (including phenoxy) is 2. The highest BCUT2D eigenvalue weighted by atomic mass is 16.5. The van der Waals surface area contributed by atoms with Gasteiger partial charge in [-0.15, -0.1) is 0 Å². The monoisotopic (exact) mass is 465 g/mol. The number of urea groups is 1. The van der Waals surface area contributed by atoms with Crippen LogP contribution in [-0.4, -0.2) is 49.2 Å². The van der Waals surface area contributed by atoms with Crippen LogP contribution < -0.4 is 19.7 Å². The third kappa shape index (κ3) is 5.64. The van der Waals surface area contributed by atoms with E-state index in [0.29, 0.717) is 37.6 Å². The molecule has 0 radical (unpaired) electrons. The summed E-state index contributed by atoms with van der Waals surface area (Å²) in [7, 11) is 1.64. The molecular formula is C27H35N3O4. The summed E-state index contributed by atoms with van der Waals surface area (Å²) in [5.74, 6) is 1.53. The second kappa shape index (κ2) is 10.8. The third-order valence-electron chi connectivity index (χ3n) is 6.49. The molecule has 1 aliphatic heterocycles. The minimum absolute atomic E-state index is 0.0336. The van der Waals surface area contributed by atoms with E-state index in [1.165, 1.54) is 0 Å². The summed E-state index contributed by atoms with van der Waals surface area (Å²) in [4.78, 5) is 29.1. The van der Waals surface area contributed by atoms with Gasteiger partial charge in [0.2, 0.25) is 5.91 Å². The fourth-order valence-electron chi connectivity index (χ4n) is 4.79. The summed E-state index contributed by atoms with van der Waals surface area (Å²) >= 11 is 0. The predicted octanol–water partition coefficient (Wildman–Crippen LogP) is 4.53. The summed E-state index contributed by atoms with van der Waals surface area (Å²) in [6.07, 6.45) is 4.78. The van der Waals surface area contributed by atoms with Gasteiger partial charge in [0.1, 0.15) is 0 Å². The molecule has 1 saturated heterocycles. The number of nitrogens with zero attached hydrogens (tertiary/aromatic N) is 2. The molecule has 0 bridgehead atoms. The second-order valence-corrected chi connectivity index (χ2v) is 9.34. The molecular weight excluding hydrogens is 430 g/mol. The Bertz CT molecular complexity index is 999. The lowest BCUT2D eigenvalue weighted by molar-refractivity contribution is -0.133. The van der Waals surface area contributed by atoms with Crippen LogP contribution in [0.2, 0.25) is 0 Å². The zero-order valence-corrected chi connectivity index (χ0v) is 20.4. The van der Waals surface area contributed by atoms with Crippen LogP contribution in [0.4, 0.5) is 10.5 Å². The number of nitrogens with one attached hydrogen (secondary N) is 1. The number of rotatable bonds is 9. The molecule has 0 aromatic heterocycles. The maximum absolute atomic E-state index is 13.5. The molecule has 2 aromatic rings. The molecule has 1 heterocycles. The molecule has 182 valence electrons. The molecule has 7 heteroatoms. The Hall–Kier alpha value is -3.22. The summed E-state index contributed by atoms with van der Waals surface area (Å²) in [5.41, 5.74) is 2.84. The molecule has 34 heavy (non-hydrogen) atoms. The quantitative estimate of drug-likeness (QED) is 0.591. The fraction of sp³-hybridized carbons (Fsp3) is 0.481. The molecule has 1 saturated carbocycles. The van der Waals surface area contributed by atoms with E-state index in [1.807, 2.05) is 61.2 Å². The number of anilines is 1. The average molecular weight is 466 g/mol. The van der Waals surface area contributed by atoms with Crippen LogP contribution in [0.25, 0.3) is 0 Å². The predicted molar refractivity (Wildman–Crippen MR) is 132 cm³/mol. The van der Waals surface area contributed by atoms with Crippen molar-refractivity contribution < 1.29 is 19.1 Å². The number of hydrogen-bond donors (Lipinski definition) is 1. The Morgan fingerprint density at radius 2 is 1.79 bits per heavy atom. The summed E-state index contributed by atoms with van der Waals surface area (Å²) in [6.45, 7) is 5.85. The topological polar surface area (TPSA) is 71.1 Å². The lowest BCUT2D eigenvalue weighted by Crippen LogP contribution is -2.39. The van der Waals surface area contributed by atoms with Crippen LogP contribution in [0, 0.1) is 0 Å². The van der Waals surface area contributed by atoms with Gasteiger partial charge in [-0.2, -0.15) is 0 Å². The molecule has 2 aromatic carbocycles. The Morgan fingerprint density at radius 1 is 1.09 bits per heavy atom. The van der Waals surface area contributed by atoms with Crippen LogP contribution in [0.15, 0.2) is 42.5 Å². The van der Waals surface area contributed by atoms with E-state index in [1.54, 1.807) is 12.0 Å². The SMILES string of the molecule is COc1ccc(CN(C(=O)Cc2ccc(N3CCNC3=O)cc2)C2CCCC2)cc1OC(C)C. The molecule has 1 aliphatic carbocycles. The van der Waals surface area contributed by atoms with Crippen LogP contribution in [0.1, 0.15) is 50.7 Å². The van der Waals surface area contributed by atoms with E-state index in [2.05, 4.69) is 5.32 Å². The molecule has 2 aliphatic rings. The smallest absolute Gasteiger partial charge is 0.321 e. The summed E-state index contributed by atoms with van der Waals surface area (Å²) < 4.78 is 11.4. The number of methoxy groups -OCH3 is 1. The van der Waals surface area contributed by atoms with Gasteiger partial charge in [-0.25, -0.2) is 4.79 Å². The van der Waals surface area contributed by atoms with Crippen molar-refractivity contribution in [2.75, 3.05) is 25.1 Å². The molecule has 1 N–H and O–H groups in total. The van der Waals surface area contributed by atoms with E-state index in [0.717, 1.165) is 42.5 Å². The maximum atomic E-state index is 13.5. The standard InChI is InChI=1S/C27H35N3O4/c1-19(2)34-25-16-21(10-13-24(25)33-3)18-30(22-6-4-5-7-22)26(31)17-20-8-11-23(12-9-20)29-15-14-28-27(29)32/h8-13,16,19,22H,4-7,14-15,17-18H2,1-3H3,(H,28,32). The van der Waals surface area contributed by atoms with Crippen molar-refractivity contribution in [1.29, 1.82) is 0 Å². The van der Waals surface area contributed by atoms with Gasteiger partial charge in [0, 0.05) is 31.4 Å². The normalized spacial score (nSPS) is 16.1. The van der Waals surface area contributed by atoms with E-state index in [-0.39, 0.29) is 24.1 Å². The first kappa shape index (κ1) is 23.9. The minimum atomic E-state index is -0.0726. The van der Waals surface area contributed by atoms with Crippen molar-refractivity contribution in [1.82, 2.24) is 10.2 Å². The fourth-order valence-corrected chi connectivity index (χ4v) is 4.79. The largest absolute Gasteiger partial charge is 0.493 e. The van der Waals surface area contributed by atoms with E-state index in [9.17, 15) is 9.59 Å². The Morgan fingerprint density at radius 3 is 2.41 bits per heavy atom. The molecule has 4 rings (SSSR count). The van der Waals surface area contributed by atoms with Gasteiger partial charge in [-0.05, 0) is 62.1 Å². The molecule has 3 amide bonds. The van der Waals surface area contributed by atoms with Crippen LogP contribution in [0.3, 0.4) is 0 Å². The Balaban J connectivity index is 1.49. The van der Waals surface area contributed by atoms with Crippen LogP contribution in [0.5, 0.6) is 11.5 Å². The highest BCUT2D eigenvalue weighted by Gasteiger charge is 2.27. The lowest BCUT2D eigenvalue weighted by atomic mass is 10.1. The first-order valence-electron chi connectivity index (χ1n) is 12.2. The third-order valence-corrected chi connectivity index (χ3v) is 6.49. The highest BCUT2D eigenvalue weighted by Crippen LogP contribution is 2.31. The summed E-state index contributed by atoms with van der Waals surface area (Å²) in [5, 5.41) is 2.82. The van der Waals surface area contributed by atoms with Crippen molar-refractivity contribution in [2.24, 2.45) is 0 Å². The highest BCUT2D eigenvalue weighted by molar-refractivity contribution is 5.94. The van der Waals surface area contributed by atoms with E-state index in [4.69, 9.17) is 9.47 Å². The van der Waals surface area contributed by atoms with Gasteiger partial charge in [0.05, 0.1) is 19.6 Å². The number of benzene rings is 2. The molecule has 0 atom stereocenters.